The summed E-state index contributed by atoms with van der Waals surface area (Å²) < 4.78 is 7.05. The highest BCUT2D eigenvalue weighted by Gasteiger charge is 2.24. The Hall–Kier alpha value is -1.68. The van der Waals surface area contributed by atoms with E-state index >= 15 is 0 Å². The van der Waals surface area contributed by atoms with Crippen LogP contribution in [0.4, 0.5) is 0 Å². The maximum Gasteiger partial charge on any atom is 0.194 e. The number of aliphatic imine (C=N–C) groups is 1. The highest BCUT2D eigenvalue weighted by Crippen LogP contribution is 2.17. The van der Waals surface area contributed by atoms with E-state index in [-0.39, 0.29) is 24.0 Å². The van der Waals surface area contributed by atoms with Crippen molar-refractivity contribution in [3.05, 3.63) is 42.4 Å². The van der Waals surface area contributed by atoms with Crippen molar-refractivity contribution in [1.82, 2.24) is 25.0 Å². The van der Waals surface area contributed by atoms with Crippen LogP contribution in [-0.2, 0) is 11.3 Å². The van der Waals surface area contributed by atoms with Crippen molar-refractivity contribution in [1.29, 1.82) is 0 Å². The number of halogens is 1. The molecule has 1 saturated heterocycles. The normalized spacial score (nSPS) is 17.2. The Balaban J connectivity index is 0.00000243. The zero-order valence-electron chi connectivity index (χ0n) is 15.3. The molecule has 7 nitrogen and oxygen atoms in total. The first-order chi connectivity index (χ1) is 12.3. The maximum atomic E-state index is 5.29. The van der Waals surface area contributed by atoms with Gasteiger partial charge in [-0.05, 0) is 37.1 Å². The number of hydrogen-bond acceptors (Lipinski definition) is 4. The van der Waals surface area contributed by atoms with Gasteiger partial charge in [0.2, 0.25) is 0 Å². The quantitative estimate of drug-likeness (QED) is 0.399. The fourth-order valence-corrected chi connectivity index (χ4v) is 3.08. The summed E-state index contributed by atoms with van der Waals surface area (Å²) in [6.07, 6.45) is 6.59. The molecule has 2 aromatic rings. The van der Waals surface area contributed by atoms with Gasteiger partial charge in [-0.2, -0.15) is 5.10 Å². The Labute approximate surface area is 171 Å². The van der Waals surface area contributed by atoms with Crippen LogP contribution in [-0.4, -0.2) is 59.0 Å². The van der Waals surface area contributed by atoms with Gasteiger partial charge in [0.1, 0.15) is 0 Å². The van der Waals surface area contributed by atoms with Gasteiger partial charge in [-0.1, -0.05) is 0 Å². The van der Waals surface area contributed by atoms with Crippen LogP contribution in [0.5, 0.6) is 0 Å². The number of nitrogens with one attached hydrogen (secondary N) is 1. The molecule has 1 fully saturated rings. The van der Waals surface area contributed by atoms with Crippen LogP contribution in [0.3, 0.4) is 0 Å². The largest absolute Gasteiger partial charge is 0.384 e. The molecule has 0 aromatic carbocycles. The third kappa shape index (κ3) is 5.41. The van der Waals surface area contributed by atoms with Crippen molar-refractivity contribution < 1.29 is 4.74 Å². The Morgan fingerprint density at radius 1 is 1.42 bits per heavy atom. The van der Waals surface area contributed by atoms with Crippen LogP contribution >= 0.6 is 24.0 Å². The first-order valence-electron chi connectivity index (χ1n) is 8.77. The van der Waals surface area contributed by atoms with Crippen LogP contribution in [0.15, 0.2) is 41.8 Å². The molecule has 0 spiro atoms. The molecule has 0 bridgehead atoms. The SMILES string of the molecule is CCNC(=NCc1ccnc(-n2cccn2)c1)N1CCC(COC)C1.I. The second-order valence-corrected chi connectivity index (χ2v) is 6.20. The fraction of sp³-hybridized carbons (Fsp3) is 0.500. The van der Waals surface area contributed by atoms with Crippen molar-refractivity contribution >= 4 is 29.9 Å². The van der Waals surface area contributed by atoms with E-state index in [1.54, 1.807) is 24.2 Å². The molecule has 0 aliphatic carbocycles. The lowest BCUT2D eigenvalue weighted by Crippen LogP contribution is -2.40. The number of nitrogens with zero attached hydrogens (tertiary/aromatic N) is 5. The molecule has 0 saturated carbocycles. The first-order valence-corrected chi connectivity index (χ1v) is 8.77. The molecule has 1 aliphatic rings. The summed E-state index contributed by atoms with van der Waals surface area (Å²) in [5.74, 6) is 2.36. The average molecular weight is 470 g/mol. The third-order valence-electron chi connectivity index (χ3n) is 4.28. The van der Waals surface area contributed by atoms with Gasteiger partial charge in [0.05, 0.1) is 13.2 Å². The second-order valence-electron chi connectivity index (χ2n) is 6.20. The van der Waals surface area contributed by atoms with E-state index in [4.69, 9.17) is 9.73 Å². The lowest BCUT2D eigenvalue weighted by atomic mass is 10.1. The van der Waals surface area contributed by atoms with Gasteiger partial charge in [-0.15, -0.1) is 24.0 Å². The second kappa shape index (κ2) is 10.5. The van der Waals surface area contributed by atoms with Gasteiger partial charge < -0.3 is 15.0 Å². The molecule has 3 rings (SSSR count). The predicted octanol–water partition coefficient (Wildman–Crippen LogP) is 2.32. The minimum Gasteiger partial charge on any atom is -0.384 e. The van der Waals surface area contributed by atoms with E-state index in [0.29, 0.717) is 12.5 Å². The predicted molar refractivity (Wildman–Crippen MR) is 113 cm³/mol. The number of ether oxygens (including phenoxy) is 1. The van der Waals surface area contributed by atoms with Gasteiger partial charge in [0, 0.05) is 51.3 Å². The van der Waals surface area contributed by atoms with Crippen LogP contribution in [0.1, 0.15) is 18.9 Å². The van der Waals surface area contributed by atoms with Crippen molar-refractivity contribution in [3.8, 4) is 5.82 Å². The standard InChI is InChI=1S/C18H26N6O.HI/c1-3-19-18(23-10-6-16(13-23)14-25-2)21-12-15-5-8-20-17(11-15)24-9-4-7-22-24;/h4-5,7-9,11,16H,3,6,10,12-14H2,1-2H3,(H,19,21);1H. The van der Waals surface area contributed by atoms with E-state index < -0.39 is 0 Å². The molecule has 26 heavy (non-hydrogen) atoms. The van der Waals surface area contributed by atoms with E-state index in [2.05, 4.69) is 27.2 Å². The van der Waals surface area contributed by atoms with Gasteiger partial charge in [0.25, 0.3) is 0 Å². The smallest absolute Gasteiger partial charge is 0.194 e. The number of guanidine groups is 1. The van der Waals surface area contributed by atoms with Gasteiger partial charge >= 0.3 is 0 Å². The maximum absolute atomic E-state index is 5.29. The number of likely N-dealkylation sites (tertiary alicyclic amines) is 1. The van der Waals surface area contributed by atoms with Crippen molar-refractivity contribution in [2.24, 2.45) is 10.9 Å². The molecule has 0 amide bonds. The summed E-state index contributed by atoms with van der Waals surface area (Å²) in [7, 11) is 1.77. The van der Waals surface area contributed by atoms with E-state index in [1.807, 2.05) is 24.4 Å². The summed E-state index contributed by atoms with van der Waals surface area (Å²) in [5, 5.41) is 7.63. The van der Waals surface area contributed by atoms with Crippen molar-refractivity contribution in [2.75, 3.05) is 33.4 Å². The summed E-state index contributed by atoms with van der Waals surface area (Å²) >= 11 is 0. The summed E-state index contributed by atoms with van der Waals surface area (Å²) in [6.45, 7) is 6.40. The topological polar surface area (TPSA) is 67.6 Å². The number of aromatic nitrogens is 3. The minimum atomic E-state index is 0. The third-order valence-corrected chi connectivity index (χ3v) is 4.28. The fourth-order valence-electron chi connectivity index (χ4n) is 3.08. The van der Waals surface area contributed by atoms with Gasteiger partial charge in [-0.3, -0.25) is 0 Å². The molecule has 1 atom stereocenters. The number of methoxy groups -OCH3 is 1. The number of rotatable bonds is 6. The highest BCUT2D eigenvalue weighted by molar-refractivity contribution is 14.0. The van der Waals surface area contributed by atoms with Crippen molar-refractivity contribution in [3.63, 3.8) is 0 Å². The van der Waals surface area contributed by atoms with E-state index in [1.165, 1.54) is 0 Å². The molecule has 1 aliphatic heterocycles. The molecule has 8 heteroatoms. The van der Waals surface area contributed by atoms with Crippen LogP contribution in [0.2, 0.25) is 0 Å². The average Bonchev–Trinajstić information content (AvgIpc) is 3.31. The summed E-state index contributed by atoms with van der Waals surface area (Å²) in [5.41, 5.74) is 1.11. The molecule has 2 aromatic heterocycles. The summed E-state index contributed by atoms with van der Waals surface area (Å²) in [4.78, 5) is 11.5. The van der Waals surface area contributed by atoms with Gasteiger partial charge in [-0.25, -0.2) is 14.7 Å². The lowest BCUT2D eigenvalue weighted by molar-refractivity contribution is 0.157. The van der Waals surface area contributed by atoms with Crippen LogP contribution in [0.25, 0.3) is 5.82 Å². The highest BCUT2D eigenvalue weighted by atomic mass is 127. The van der Waals surface area contributed by atoms with Crippen LogP contribution in [0, 0.1) is 5.92 Å². The minimum absolute atomic E-state index is 0. The molecule has 142 valence electrons. The van der Waals surface area contributed by atoms with Crippen LogP contribution < -0.4 is 5.32 Å². The summed E-state index contributed by atoms with van der Waals surface area (Å²) in [6, 6.07) is 5.91. The van der Waals surface area contributed by atoms with Crippen molar-refractivity contribution in [2.45, 2.75) is 19.9 Å². The zero-order chi connectivity index (χ0) is 17.5. The Morgan fingerprint density at radius 3 is 3.04 bits per heavy atom. The molecular formula is C18H27IN6O. The number of hydrogen-bond donors (Lipinski definition) is 1. The van der Waals surface area contributed by atoms with E-state index in [9.17, 15) is 0 Å². The van der Waals surface area contributed by atoms with Gasteiger partial charge in [0.15, 0.2) is 11.8 Å². The monoisotopic (exact) mass is 470 g/mol. The Morgan fingerprint density at radius 2 is 2.31 bits per heavy atom. The number of pyridine rings is 1. The molecule has 0 radical (unpaired) electrons. The molecule has 1 unspecified atom stereocenters. The molecule has 1 N–H and O–H groups in total. The zero-order valence-corrected chi connectivity index (χ0v) is 17.7. The van der Waals surface area contributed by atoms with E-state index in [0.717, 1.165) is 50.0 Å². The lowest BCUT2D eigenvalue weighted by Gasteiger charge is -2.21. The Kier molecular flexibility index (Phi) is 8.30. The molecule has 3 heterocycles. The first kappa shape index (κ1) is 20.6. The Bertz CT molecular complexity index is 691. The molecular weight excluding hydrogens is 443 g/mol.